The average molecular weight is 585 g/mol. The highest BCUT2D eigenvalue weighted by Crippen LogP contribution is 2.33. The molecule has 0 unspecified atom stereocenters. The van der Waals surface area contributed by atoms with Crippen LogP contribution in [0.1, 0.15) is 75.3 Å². The first-order valence-electron chi connectivity index (χ1n) is 14.6. The largest absolute Gasteiger partial charge is 0.482 e. The quantitative estimate of drug-likeness (QED) is 0.223. The number of nitrogens with zero attached hydrogens (tertiary/aromatic N) is 2. The van der Waals surface area contributed by atoms with Crippen molar-refractivity contribution < 1.29 is 23.9 Å². The maximum Gasteiger partial charge on any atom is 0.274 e. The van der Waals surface area contributed by atoms with E-state index in [-0.39, 0.29) is 42.0 Å². The van der Waals surface area contributed by atoms with E-state index in [1.54, 1.807) is 65.7 Å². The number of benzene rings is 2. The highest BCUT2D eigenvalue weighted by molar-refractivity contribution is 6.03. The lowest BCUT2D eigenvalue weighted by atomic mass is 10.1. The Morgan fingerprint density at radius 1 is 0.953 bits per heavy atom. The number of fused-ring (bicyclic) bond motifs is 1. The number of anilines is 2. The number of amides is 4. The molecule has 0 bridgehead atoms. The molecule has 2 aliphatic rings. The Balaban J connectivity index is 1.14. The first-order chi connectivity index (χ1) is 20.9. The first kappa shape index (κ1) is 29.7. The van der Waals surface area contributed by atoms with Crippen molar-refractivity contribution in [2.45, 2.75) is 51.1 Å². The van der Waals surface area contributed by atoms with Crippen LogP contribution in [0.4, 0.5) is 11.4 Å². The molecule has 11 nitrogen and oxygen atoms in total. The van der Waals surface area contributed by atoms with Crippen LogP contribution in [-0.4, -0.2) is 59.3 Å². The number of carbonyl (C=O) groups excluding carboxylic acids is 4. The van der Waals surface area contributed by atoms with Crippen molar-refractivity contribution in [3.8, 4) is 5.75 Å². The molecule has 3 aromatic rings. The van der Waals surface area contributed by atoms with Gasteiger partial charge in [0.2, 0.25) is 0 Å². The second-order valence-electron chi connectivity index (χ2n) is 10.8. The molecule has 1 aromatic heterocycles. The summed E-state index contributed by atoms with van der Waals surface area (Å²) in [6, 6.07) is 15.3. The summed E-state index contributed by atoms with van der Waals surface area (Å²) in [5, 5.41) is 8.45. The van der Waals surface area contributed by atoms with Gasteiger partial charge in [0.15, 0.2) is 6.61 Å². The number of hydrogen-bond donors (Lipinski definition) is 4. The highest BCUT2D eigenvalue weighted by Gasteiger charge is 2.33. The number of pyridine rings is 1. The smallest absolute Gasteiger partial charge is 0.274 e. The minimum absolute atomic E-state index is 0.0818. The normalized spacial score (nSPS) is 13.7. The van der Waals surface area contributed by atoms with Gasteiger partial charge in [0.25, 0.3) is 23.6 Å². The van der Waals surface area contributed by atoms with Crippen molar-refractivity contribution >= 4 is 35.0 Å². The zero-order valence-corrected chi connectivity index (χ0v) is 23.9. The molecule has 5 rings (SSSR count). The SMILES string of the molecule is NCCCCCCNC(=O)c1ccc(NC(=O)c2ccc(CN(C(=O)c3ccc4c(c3)OCC(=O)N4)C3CC3)cn2)cc1. The summed E-state index contributed by atoms with van der Waals surface area (Å²) in [4.78, 5) is 56.2. The first-order valence-corrected chi connectivity index (χ1v) is 14.6. The number of ether oxygens (including phenoxy) is 1. The van der Waals surface area contributed by atoms with Crippen LogP contribution in [0.3, 0.4) is 0 Å². The summed E-state index contributed by atoms with van der Waals surface area (Å²) in [5.74, 6) is -0.416. The molecule has 2 heterocycles. The highest BCUT2D eigenvalue weighted by atomic mass is 16.5. The molecular weight excluding hydrogens is 548 g/mol. The lowest BCUT2D eigenvalue weighted by molar-refractivity contribution is -0.118. The average Bonchev–Trinajstić information content (AvgIpc) is 3.87. The summed E-state index contributed by atoms with van der Waals surface area (Å²) >= 11 is 0. The number of carbonyl (C=O) groups is 4. The molecule has 1 fully saturated rings. The van der Waals surface area contributed by atoms with Gasteiger partial charge in [0.1, 0.15) is 11.4 Å². The number of rotatable bonds is 13. The van der Waals surface area contributed by atoms with Crippen molar-refractivity contribution in [2.24, 2.45) is 5.73 Å². The topological polar surface area (TPSA) is 156 Å². The van der Waals surface area contributed by atoms with E-state index in [4.69, 9.17) is 10.5 Å². The van der Waals surface area contributed by atoms with Gasteiger partial charge in [0, 0.05) is 42.1 Å². The number of hydrogen-bond acceptors (Lipinski definition) is 7. The van der Waals surface area contributed by atoms with Crippen LogP contribution in [0.2, 0.25) is 0 Å². The molecule has 1 aliphatic carbocycles. The Labute approximate surface area is 250 Å². The maximum absolute atomic E-state index is 13.4. The summed E-state index contributed by atoms with van der Waals surface area (Å²) < 4.78 is 5.47. The molecule has 4 amide bonds. The van der Waals surface area contributed by atoms with E-state index in [1.165, 1.54) is 0 Å². The van der Waals surface area contributed by atoms with Gasteiger partial charge in [0.05, 0.1) is 5.69 Å². The standard InChI is InChI=1S/C32H36N6O5/c33-15-3-1-2-4-16-34-30(40)22-6-9-24(10-7-22)36-31(41)27-13-5-21(18-35-27)19-38(25-11-12-25)32(42)23-8-14-26-28(17-23)43-20-29(39)37-26/h5-10,13-14,17-18,25H,1-4,11-12,15-16,19-20,33H2,(H,34,40)(H,36,41)(H,37,39). The molecule has 1 saturated carbocycles. The van der Waals surface area contributed by atoms with E-state index >= 15 is 0 Å². The van der Waals surface area contributed by atoms with Crippen LogP contribution in [-0.2, 0) is 11.3 Å². The third-order valence-corrected chi connectivity index (χ3v) is 7.34. The van der Waals surface area contributed by atoms with Gasteiger partial charge in [-0.15, -0.1) is 0 Å². The lowest BCUT2D eigenvalue weighted by Gasteiger charge is -2.24. The van der Waals surface area contributed by atoms with Gasteiger partial charge in [-0.1, -0.05) is 18.9 Å². The van der Waals surface area contributed by atoms with Crippen LogP contribution >= 0.6 is 0 Å². The molecule has 43 heavy (non-hydrogen) atoms. The molecule has 1 aliphatic heterocycles. The van der Waals surface area contributed by atoms with Crippen LogP contribution in [0.5, 0.6) is 5.75 Å². The van der Waals surface area contributed by atoms with Crippen LogP contribution in [0.25, 0.3) is 0 Å². The Morgan fingerprint density at radius 3 is 2.44 bits per heavy atom. The molecule has 0 spiro atoms. The zero-order chi connectivity index (χ0) is 30.2. The number of aromatic nitrogens is 1. The molecule has 224 valence electrons. The van der Waals surface area contributed by atoms with Gasteiger partial charge < -0.3 is 31.3 Å². The summed E-state index contributed by atoms with van der Waals surface area (Å²) in [5.41, 5.74) is 8.63. The van der Waals surface area contributed by atoms with Gasteiger partial charge in [-0.05, 0) is 86.3 Å². The number of nitrogens with one attached hydrogen (secondary N) is 3. The van der Waals surface area contributed by atoms with Crippen molar-refractivity contribution in [1.82, 2.24) is 15.2 Å². The molecule has 0 radical (unpaired) electrons. The molecule has 0 saturated heterocycles. The predicted molar refractivity (Wildman–Crippen MR) is 162 cm³/mol. The predicted octanol–water partition coefficient (Wildman–Crippen LogP) is 3.72. The van der Waals surface area contributed by atoms with E-state index < -0.39 is 0 Å². The number of nitrogens with two attached hydrogens (primary N) is 1. The second kappa shape index (κ2) is 13.9. The fourth-order valence-corrected chi connectivity index (χ4v) is 4.80. The van der Waals surface area contributed by atoms with Crippen molar-refractivity contribution in [1.29, 1.82) is 0 Å². The molecular formula is C32H36N6O5. The Morgan fingerprint density at radius 2 is 1.72 bits per heavy atom. The van der Waals surface area contributed by atoms with Crippen molar-refractivity contribution in [3.05, 3.63) is 83.2 Å². The zero-order valence-electron chi connectivity index (χ0n) is 23.9. The van der Waals surface area contributed by atoms with Crippen LogP contribution in [0.15, 0.2) is 60.8 Å². The molecule has 2 aromatic carbocycles. The van der Waals surface area contributed by atoms with Crippen LogP contribution in [0, 0.1) is 0 Å². The fourth-order valence-electron chi connectivity index (χ4n) is 4.80. The maximum atomic E-state index is 13.4. The summed E-state index contributed by atoms with van der Waals surface area (Å²) in [6.07, 6.45) is 7.45. The monoisotopic (exact) mass is 584 g/mol. The second-order valence-corrected chi connectivity index (χ2v) is 10.8. The van der Waals surface area contributed by atoms with E-state index in [0.29, 0.717) is 47.9 Å². The Kier molecular flexibility index (Phi) is 9.63. The Hall–Kier alpha value is -4.77. The third-order valence-electron chi connectivity index (χ3n) is 7.34. The third kappa shape index (κ3) is 7.95. The van der Waals surface area contributed by atoms with Gasteiger partial charge >= 0.3 is 0 Å². The van der Waals surface area contributed by atoms with E-state index in [1.807, 2.05) is 0 Å². The van der Waals surface area contributed by atoms with E-state index in [0.717, 1.165) is 44.1 Å². The molecule has 5 N–H and O–H groups in total. The van der Waals surface area contributed by atoms with E-state index in [2.05, 4.69) is 20.9 Å². The van der Waals surface area contributed by atoms with Crippen molar-refractivity contribution in [3.63, 3.8) is 0 Å². The molecule has 0 atom stereocenters. The minimum Gasteiger partial charge on any atom is -0.482 e. The van der Waals surface area contributed by atoms with Gasteiger partial charge in [-0.3, -0.25) is 24.2 Å². The van der Waals surface area contributed by atoms with Crippen LogP contribution < -0.4 is 26.4 Å². The minimum atomic E-state index is -0.377. The lowest BCUT2D eigenvalue weighted by Crippen LogP contribution is -2.33. The van der Waals surface area contributed by atoms with Gasteiger partial charge in [-0.2, -0.15) is 0 Å². The fraction of sp³-hybridized carbons (Fsp3) is 0.344. The summed E-state index contributed by atoms with van der Waals surface area (Å²) in [7, 11) is 0. The Bertz CT molecular complexity index is 1470. The number of unbranched alkanes of at least 4 members (excludes halogenated alkanes) is 3. The van der Waals surface area contributed by atoms with Gasteiger partial charge in [-0.25, -0.2) is 0 Å². The van der Waals surface area contributed by atoms with Crippen molar-refractivity contribution in [2.75, 3.05) is 30.3 Å². The molecule has 11 heteroatoms. The summed E-state index contributed by atoms with van der Waals surface area (Å²) in [6.45, 7) is 1.57. The van der Waals surface area contributed by atoms with E-state index in [9.17, 15) is 19.2 Å².